The predicted octanol–water partition coefficient (Wildman–Crippen LogP) is 2.90. The van der Waals surface area contributed by atoms with E-state index < -0.39 is 0 Å². The van der Waals surface area contributed by atoms with E-state index in [4.69, 9.17) is 4.74 Å². The lowest BCUT2D eigenvalue weighted by atomic mass is 9.93. The van der Waals surface area contributed by atoms with Crippen molar-refractivity contribution in [3.63, 3.8) is 0 Å². The van der Waals surface area contributed by atoms with Gasteiger partial charge in [0.15, 0.2) is 0 Å². The van der Waals surface area contributed by atoms with Crippen molar-refractivity contribution in [2.45, 2.75) is 58.2 Å². The summed E-state index contributed by atoms with van der Waals surface area (Å²) in [4.78, 5) is 17.8. The third-order valence-corrected chi connectivity index (χ3v) is 6.20. The highest BCUT2D eigenvalue weighted by molar-refractivity contribution is 5.79. The fraction of sp³-hybridized carbons (Fsp3) is 0.682. The molecule has 0 radical (unpaired) electrons. The molecule has 5 heteroatoms. The van der Waals surface area contributed by atoms with Gasteiger partial charge >= 0.3 is 0 Å². The zero-order valence-electron chi connectivity index (χ0n) is 17.1. The van der Waals surface area contributed by atoms with Crippen LogP contribution in [-0.2, 0) is 11.3 Å². The van der Waals surface area contributed by atoms with Gasteiger partial charge in [0.2, 0.25) is 5.91 Å². The standard InChI is InChI=1S/C22H35N3O2/c1-17(2)24-13-10-20(11-14-24)25-12-4-5-19(16-25)22(26)23-15-18-6-8-21(27-3)9-7-18/h6-9,17,19-20H,4-5,10-16H2,1-3H3,(H,23,26)/t19-/m0/s1. The summed E-state index contributed by atoms with van der Waals surface area (Å²) in [6, 6.07) is 9.19. The van der Waals surface area contributed by atoms with E-state index in [0.717, 1.165) is 37.2 Å². The van der Waals surface area contributed by atoms with Crippen LogP contribution in [0.25, 0.3) is 0 Å². The molecule has 1 aromatic carbocycles. The van der Waals surface area contributed by atoms with E-state index in [1.807, 2.05) is 24.3 Å². The first-order chi connectivity index (χ1) is 13.1. The maximum absolute atomic E-state index is 12.7. The minimum Gasteiger partial charge on any atom is -0.497 e. The van der Waals surface area contributed by atoms with Crippen molar-refractivity contribution in [2.24, 2.45) is 5.92 Å². The van der Waals surface area contributed by atoms with Gasteiger partial charge < -0.3 is 15.0 Å². The molecule has 0 saturated carbocycles. The molecular weight excluding hydrogens is 338 g/mol. The van der Waals surface area contributed by atoms with Gasteiger partial charge in [0.05, 0.1) is 13.0 Å². The monoisotopic (exact) mass is 373 g/mol. The van der Waals surface area contributed by atoms with Crippen LogP contribution in [0.2, 0.25) is 0 Å². The average molecular weight is 374 g/mol. The van der Waals surface area contributed by atoms with Crippen LogP contribution in [0.4, 0.5) is 0 Å². The number of hydrogen-bond acceptors (Lipinski definition) is 4. The Hall–Kier alpha value is -1.59. The SMILES string of the molecule is COc1ccc(CNC(=O)[C@H]2CCCN(C3CCN(C(C)C)CC3)C2)cc1. The number of carbonyl (C=O) groups is 1. The Labute approximate surface area is 164 Å². The molecule has 150 valence electrons. The van der Waals surface area contributed by atoms with Gasteiger partial charge in [-0.1, -0.05) is 12.1 Å². The first-order valence-corrected chi connectivity index (χ1v) is 10.5. The largest absolute Gasteiger partial charge is 0.497 e. The molecule has 0 spiro atoms. The number of hydrogen-bond donors (Lipinski definition) is 1. The van der Waals surface area contributed by atoms with Gasteiger partial charge in [0.1, 0.15) is 5.75 Å². The first kappa shape index (κ1) is 20.2. The number of rotatable bonds is 6. The van der Waals surface area contributed by atoms with Gasteiger partial charge in [0, 0.05) is 25.2 Å². The molecule has 2 heterocycles. The summed E-state index contributed by atoms with van der Waals surface area (Å²) in [5.74, 6) is 1.17. The second kappa shape index (κ2) is 9.56. The number of amides is 1. The van der Waals surface area contributed by atoms with Crippen molar-refractivity contribution in [2.75, 3.05) is 33.3 Å². The second-order valence-corrected chi connectivity index (χ2v) is 8.26. The van der Waals surface area contributed by atoms with Crippen molar-refractivity contribution < 1.29 is 9.53 Å². The smallest absolute Gasteiger partial charge is 0.224 e. The second-order valence-electron chi connectivity index (χ2n) is 8.26. The van der Waals surface area contributed by atoms with Crippen LogP contribution in [0.1, 0.15) is 45.1 Å². The van der Waals surface area contributed by atoms with E-state index >= 15 is 0 Å². The lowest BCUT2D eigenvalue weighted by molar-refractivity contribution is -0.127. The van der Waals surface area contributed by atoms with E-state index in [1.54, 1.807) is 7.11 Å². The Morgan fingerprint density at radius 1 is 1.15 bits per heavy atom. The maximum Gasteiger partial charge on any atom is 0.224 e. The molecule has 0 aromatic heterocycles. The maximum atomic E-state index is 12.7. The molecule has 2 aliphatic heterocycles. The van der Waals surface area contributed by atoms with Gasteiger partial charge in [-0.05, 0) is 76.9 Å². The van der Waals surface area contributed by atoms with Crippen LogP contribution in [0.15, 0.2) is 24.3 Å². The quantitative estimate of drug-likeness (QED) is 0.833. The summed E-state index contributed by atoms with van der Waals surface area (Å²) in [5.41, 5.74) is 1.11. The topological polar surface area (TPSA) is 44.8 Å². The van der Waals surface area contributed by atoms with Gasteiger partial charge in [-0.25, -0.2) is 0 Å². The average Bonchev–Trinajstić information content (AvgIpc) is 2.72. The molecule has 0 bridgehead atoms. The van der Waals surface area contributed by atoms with E-state index in [9.17, 15) is 4.79 Å². The van der Waals surface area contributed by atoms with E-state index in [1.165, 1.54) is 25.9 Å². The van der Waals surface area contributed by atoms with Gasteiger partial charge in [-0.3, -0.25) is 9.69 Å². The van der Waals surface area contributed by atoms with Crippen LogP contribution in [-0.4, -0.2) is 61.1 Å². The first-order valence-electron chi connectivity index (χ1n) is 10.5. The minimum atomic E-state index is 0.125. The van der Waals surface area contributed by atoms with Gasteiger partial charge in [-0.15, -0.1) is 0 Å². The zero-order valence-corrected chi connectivity index (χ0v) is 17.1. The highest BCUT2D eigenvalue weighted by Crippen LogP contribution is 2.25. The molecule has 0 unspecified atom stereocenters. The Balaban J connectivity index is 1.46. The molecule has 1 aromatic rings. The highest BCUT2D eigenvalue weighted by Gasteiger charge is 2.31. The third-order valence-electron chi connectivity index (χ3n) is 6.20. The van der Waals surface area contributed by atoms with Gasteiger partial charge in [-0.2, -0.15) is 0 Å². The lowest BCUT2D eigenvalue weighted by Crippen LogP contribution is -2.51. The number of piperidine rings is 2. The Morgan fingerprint density at radius 3 is 2.48 bits per heavy atom. The van der Waals surface area contributed by atoms with E-state index in [-0.39, 0.29) is 11.8 Å². The number of likely N-dealkylation sites (tertiary alicyclic amines) is 2. The molecule has 1 N–H and O–H groups in total. The van der Waals surface area contributed by atoms with Crippen molar-refractivity contribution in [1.29, 1.82) is 0 Å². The minimum absolute atomic E-state index is 0.125. The number of carbonyl (C=O) groups excluding carboxylic acids is 1. The molecule has 1 amide bonds. The van der Waals surface area contributed by atoms with Crippen molar-refractivity contribution in [1.82, 2.24) is 15.1 Å². The third kappa shape index (κ3) is 5.45. The summed E-state index contributed by atoms with van der Waals surface area (Å²) in [6.45, 7) is 9.59. The predicted molar refractivity (Wildman–Crippen MR) is 109 cm³/mol. The summed E-state index contributed by atoms with van der Waals surface area (Å²) < 4.78 is 5.18. The summed E-state index contributed by atoms with van der Waals surface area (Å²) in [6.07, 6.45) is 4.61. The summed E-state index contributed by atoms with van der Waals surface area (Å²) >= 11 is 0. The lowest BCUT2D eigenvalue weighted by Gasteiger charge is -2.43. The fourth-order valence-electron chi connectivity index (χ4n) is 4.40. The molecule has 2 fully saturated rings. The summed E-state index contributed by atoms with van der Waals surface area (Å²) in [7, 11) is 1.66. The normalized spacial score (nSPS) is 22.7. The number of nitrogens with zero attached hydrogens (tertiary/aromatic N) is 2. The number of ether oxygens (including phenoxy) is 1. The van der Waals surface area contributed by atoms with Crippen LogP contribution >= 0.6 is 0 Å². The molecule has 27 heavy (non-hydrogen) atoms. The Kier molecular flexibility index (Phi) is 7.13. The molecule has 2 aliphatic rings. The van der Waals surface area contributed by atoms with Crippen LogP contribution in [0, 0.1) is 5.92 Å². The number of benzene rings is 1. The van der Waals surface area contributed by atoms with Crippen molar-refractivity contribution in [3.05, 3.63) is 29.8 Å². The van der Waals surface area contributed by atoms with Crippen LogP contribution in [0.3, 0.4) is 0 Å². The highest BCUT2D eigenvalue weighted by atomic mass is 16.5. The Bertz CT molecular complexity index is 594. The van der Waals surface area contributed by atoms with Gasteiger partial charge in [0.25, 0.3) is 0 Å². The van der Waals surface area contributed by atoms with Crippen LogP contribution in [0.5, 0.6) is 5.75 Å². The van der Waals surface area contributed by atoms with Crippen molar-refractivity contribution >= 4 is 5.91 Å². The fourth-order valence-corrected chi connectivity index (χ4v) is 4.40. The molecule has 5 nitrogen and oxygen atoms in total. The Morgan fingerprint density at radius 2 is 1.85 bits per heavy atom. The van der Waals surface area contributed by atoms with E-state index in [2.05, 4.69) is 29.0 Å². The molecular formula is C22H35N3O2. The molecule has 0 aliphatic carbocycles. The van der Waals surface area contributed by atoms with E-state index in [0.29, 0.717) is 18.6 Å². The molecule has 2 saturated heterocycles. The molecule has 1 atom stereocenters. The number of methoxy groups -OCH3 is 1. The molecule has 3 rings (SSSR count). The summed E-state index contributed by atoms with van der Waals surface area (Å²) in [5, 5.41) is 3.14. The van der Waals surface area contributed by atoms with Crippen molar-refractivity contribution in [3.8, 4) is 5.75 Å². The number of nitrogens with one attached hydrogen (secondary N) is 1. The zero-order chi connectivity index (χ0) is 19.2. The van der Waals surface area contributed by atoms with Crippen LogP contribution < -0.4 is 10.1 Å².